The summed E-state index contributed by atoms with van der Waals surface area (Å²) in [4.78, 5) is 20.4. The molecule has 14 heavy (non-hydrogen) atoms. The van der Waals surface area contributed by atoms with E-state index in [-0.39, 0.29) is 64.9 Å². The summed E-state index contributed by atoms with van der Waals surface area (Å²) in [6, 6.07) is 0. The zero-order valence-electron chi connectivity index (χ0n) is 9.21. The van der Waals surface area contributed by atoms with E-state index in [1.807, 2.05) is 0 Å². The van der Waals surface area contributed by atoms with E-state index in [0.29, 0.717) is 5.78 Å². The SMILES string of the molecule is O=C1CCCC1.O=C1[CH-]CC[CH-]1.[Na+].[Na+]. The van der Waals surface area contributed by atoms with Gasteiger partial charge in [0.1, 0.15) is 5.78 Å². The van der Waals surface area contributed by atoms with Crippen LogP contribution in [0.4, 0.5) is 0 Å². The van der Waals surface area contributed by atoms with E-state index in [2.05, 4.69) is 0 Å². The summed E-state index contributed by atoms with van der Waals surface area (Å²) in [6.45, 7) is 0. The van der Waals surface area contributed by atoms with Gasteiger partial charge in [0.15, 0.2) is 0 Å². The molecule has 2 fully saturated rings. The molecule has 0 aromatic rings. The first-order valence-corrected chi connectivity index (χ1v) is 4.51. The number of Topliss-reactive ketones (excluding diaryl/α,β-unsaturated/α-hetero) is 2. The van der Waals surface area contributed by atoms with Gasteiger partial charge in [-0.25, -0.2) is 0 Å². The number of carbonyl (C=O) groups is 2. The van der Waals surface area contributed by atoms with Crippen LogP contribution in [0.15, 0.2) is 0 Å². The van der Waals surface area contributed by atoms with Crippen molar-refractivity contribution < 1.29 is 68.7 Å². The Kier molecular flexibility index (Phi) is 13.2. The Labute approximate surface area is 130 Å². The molecule has 2 aliphatic carbocycles. The van der Waals surface area contributed by atoms with Gasteiger partial charge in [-0.15, -0.1) is 5.78 Å². The first-order valence-electron chi connectivity index (χ1n) is 4.51. The van der Waals surface area contributed by atoms with E-state index in [1.54, 1.807) is 12.8 Å². The van der Waals surface area contributed by atoms with Crippen LogP contribution in [0.3, 0.4) is 0 Å². The van der Waals surface area contributed by atoms with Crippen LogP contribution in [0, 0.1) is 12.8 Å². The molecular weight excluding hydrogens is 198 g/mol. The normalized spacial score (nSPS) is 18.0. The summed E-state index contributed by atoms with van der Waals surface area (Å²) >= 11 is 0. The summed E-state index contributed by atoms with van der Waals surface area (Å²) in [5, 5.41) is 0. The Hall–Kier alpha value is 1.08. The second-order valence-corrected chi connectivity index (χ2v) is 3.13. The van der Waals surface area contributed by atoms with Crippen molar-refractivity contribution in [2.24, 2.45) is 0 Å². The Morgan fingerprint density at radius 2 is 1.29 bits per heavy atom. The monoisotopic (exact) mass is 212 g/mol. The Morgan fingerprint density at radius 1 is 0.857 bits per heavy atom. The van der Waals surface area contributed by atoms with Crippen LogP contribution < -0.4 is 59.1 Å². The van der Waals surface area contributed by atoms with Gasteiger partial charge < -0.3 is 17.6 Å². The van der Waals surface area contributed by atoms with E-state index in [1.165, 1.54) is 0 Å². The van der Waals surface area contributed by atoms with Crippen molar-refractivity contribution in [2.75, 3.05) is 0 Å². The average Bonchev–Trinajstić information content (AvgIpc) is 2.63. The number of hydrogen-bond donors (Lipinski definition) is 0. The number of ketones is 2. The molecule has 0 atom stereocenters. The molecule has 0 N–H and O–H groups in total. The van der Waals surface area contributed by atoms with Crippen LogP contribution in [-0.2, 0) is 9.59 Å². The third kappa shape index (κ3) is 8.39. The fourth-order valence-electron chi connectivity index (χ4n) is 1.30. The average molecular weight is 212 g/mol. The largest absolute Gasteiger partial charge is 1.00 e. The minimum Gasteiger partial charge on any atom is -0.368 e. The van der Waals surface area contributed by atoms with Gasteiger partial charge >= 0.3 is 59.1 Å². The van der Waals surface area contributed by atoms with Crippen LogP contribution >= 0.6 is 0 Å². The van der Waals surface area contributed by atoms with E-state index in [4.69, 9.17) is 0 Å². The number of hydrogen-bond acceptors (Lipinski definition) is 2. The summed E-state index contributed by atoms with van der Waals surface area (Å²) < 4.78 is 0. The molecule has 2 aliphatic rings. The summed E-state index contributed by atoms with van der Waals surface area (Å²) in [7, 11) is 0. The van der Waals surface area contributed by atoms with E-state index in [9.17, 15) is 9.59 Å². The predicted octanol–water partition coefficient (Wildman–Crippen LogP) is -4.10. The molecule has 0 aromatic heterocycles. The van der Waals surface area contributed by atoms with Gasteiger partial charge in [-0.2, -0.15) is 12.8 Å². The van der Waals surface area contributed by atoms with Crippen molar-refractivity contribution in [3.05, 3.63) is 12.8 Å². The molecular formula is C10H14Na2O2. The summed E-state index contributed by atoms with van der Waals surface area (Å²) in [5.74, 6) is 0.657. The Morgan fingerprint density at radius 3 is 1.43 bits per heavy atom. The standard InChI is InChI=1S/C5H8O.C5H6O.2Na/c2*6-5-3-1-2-4-5;;/h1-4H2;3-4H,1-2H2;;/q;-2;2*+1. The first kappa shape index (κ1) is 17.5. The number of rotatable bonds is 0. The molecule has 0 unspecified atom stereocenters. The number of carbonyl (C=O) groups excluding carboxylic acids is 2. The molecule has 2 saturated carbocycles. The van der Waals surface area contributed by atoms with Crippen LogP contribution in [0.1, 0.15) is 38.5 Å². The van der Waals surface area contributed by atoms with Crippen molar-refractivity contribution in [3.8, 4) is 0 Å². The molecule has 2 nitrogen and oxygen atoms in total. The van der Waals surface area contributed by atoms with Crippen molar-refractivity contribution in [2.45, 2.75) is 38.5 Å². The zero-order valence-corrected chi connectivity index (χ0v) is 13.2. The molecule has 0 spiro atoms. The maximum Gasteiger partial charge on any atom is 1.00 e. The van der Waals surface area contributed by atoms with Gasteiger partial charge in [0.25, 0.3) is 0 Å². The molecule has 0 aliphatic heterocycles. The second kappa shape index (κ2) is 10.6. The molecule has 68 valence electrons. The van der Waals surface area contributed by atoms with Crippen molar-refractivity contribution in [3.63, 3.8) is 0 Å². The van der Waals surface area contributed by atoms with Crippen LogP contribution in [0.5, 0.6) is 0 Å². The van der Waals surface area contributed by atoms with Crippen molar-refractivity contribution in [1.29, 1.82) is 0 Å². The van der Waals surface area contributed by atoms with Gasteiger partial charge in [-0.3, -0.25) is 4.79 Å². The quantitative estimate of drug-likeness (QED) is 0.302. The molecule has 0 bridgehead atoms. The molecule has 0 aromatic carbocycles. The smallest absolute Gasteiger partial charge is 0.368 e. The van der Waals surface area contributed by atoms with Crippen molar-refractivity contribution >= 4 is 11.6 Å². The fourth-order valence-corrected chi connectivity index (χ4v) is 1.30. The minimum atomic E-state index is 0. The topological polar surface area (TPSA) is 34.1 Å². The van der Waals surface area contributed by atoms with Gasteiger partial charge in [-0.1, -0.05) is 0 Å². The molecule has 0 radical (unpaired) electrons. The maximum absolute atomic E-state index is 10.2. The third-order valence-corrected chi connectivity index (χ3v) is 2.02. The summed E-state index contributed by atoms with van der Waals surface area (Å²) in [5.41, 5.74) is 0. The van der Waals surface area contributed by atoms with Gasteiger partial charge in [-0.05, 0) is 12.8 Å². The van der Waals surface area contributed by atoms with E-state index < -0.39 is 0 Å². The van der Waals surface area contributed by atoms with Gasteiger partial charge in [0.2, 0.25) is 0 Å². The van der Waals surface area contributed by atoms with Gasteiger partial charge in [0, 0.05) is 12.8 Å². The van der Waals surface area contributed by atoms with Crippen LogP contribution in [0.2, 0.25) is 0 Å². The molecule has 4 heteroatoms. The van der Waals surface area contributed by atoms with Crippen molar-refractivity contribution in [1.82, 2.24) is 0 Å². The molecule has 0 amide bonds. The fraction of sp³-hybridized carbons (Fsp3) is 0.600. The van der Waals surface area contributed by atoms with E-state index in [0.717, 1.165) is 38.5 Å². The van der Waals surface area contributed by atoms with E-state index >= 15 is 0 Å². The third-order valence-electron chi connectivity index (χ3n) is 2.02. The molecule has 0 heterocycles. The maximum atomic E-state index is 10.2. The Balaban J connectivity index is 0. The predicted molar refractivity (Wildman–Crippen MR) is 46.3 cm³/mol. The Bertz CT molecular complexity index is 145. The van der Waals surface area contributed by atoms with Crippen LogP contribution in [-0.4, -0.2) is 11.6 Å². The minimum absolute atomic E-state index is 0. The molecule has 0 saturated heterocycles. The van der Waals surface area contributed by atoms with Crippen LogP contribution in [0.25, 0.3) is 0 Å². The molecule has 2 rings (SSSR count). The van der Waals surface area contributed by atoms with Gasteiger partial charge in [0.05, 0.1) is 0 Å². The zero-order chi connectivity index (χ0) is 8.81. The summed E-state index contributed by atoms with van der Waals surface area (Å²) in [6.07, 6.45) is 9.30. The second-order valence-electron chi connectivity index (χ2n) is 3.13. The first-order chi connectivity index (χ1) is 5.79.